The third-order valence-electron chi connectivity index (χ3n) is 13.3. The first-order valence-corrected chi connectivity index (χ1v) is 23.5. The lowest BCUT2D eigenvalue weighted by Gasteiger charge is -2.37. The number of ether oxygens (including phenoxy) is 2. The summed E-state index contributed by atoms with van der Waals surface area (Å²) in [6.07, 6.45) is 3.58. The number of aromatic nitrogens is 1. The largest absolute Gasteiger partial charge is 0.497 e. The topological polar surface area (TPSA) is 164 Å². The number of rotatable bonds is 14. The molecule has 0 radical (unpaired) electrons. The summed E-state index contributed by atoms with van der Waals surface area (Å²) in [5.41, 5.74) is 1.18. The monoisotopic (exact) mass is 875 g/mol. The van der Waals surface area contributed by atoms with Gasteiger partial charge in [-0.1, -0.05) is 87.5 Å². The van der Waals surface area contributed by atoms with Crippen LogP contribution in [0.25, 0.3) is 22.2 Å². The van der Waals surface area contributed by atoms with Crippen molar-refractivity contribution in [3.63, 3.8) is 0 Å². The predicted octanol–water partition coefficient (Wildman–Crippen LogP) is 6.39. The van der Waals surface area contributed by atoms with Gasteiger partial charge in [0.05, 0.1) is 36.0 Å². The van der Waals surface area contributed by atoms with Crippen molar-refractivity contribution in [3.05, 3.63) is 103 Å². The van der Waals surface area contributed by atoms with Crippen LogP contribution in [0, 0.1) is 17.3 Å². The molecule has 4 aliphatic rings. The van der Waals surface area contributed by atoms with Gasteiger partial charge in [0.15, 0.2) is 0 Å². The standard InChI is InChI=1S/C49H57N5O8S/c1-6-34-29-49(34,47(58)52-63(59,60)37-18-19-37)51-45(56)42-26-36(62-43-28-40(33-15-11-8-12-16-33)50-41-25-35(61-5)17-20-38(41)43)30-54(42)46(57)39(48(2,3)4)27-44(55)53-23-21-32(22-24-53)31-13-9-7-10-14-31/h6-17,20,25,28,32,34,36-37,39,42H,1,18-19,21-24,26-27,29-30H2,2-5H3,(H,51,56)(H,52,58)/t34?,36-,39-,42+,49-/m1/s1. The molecule has 4 fully saturated rings. The molecule has 4 amide bonds. The van der Waals surface area contributed by atoms with Gasteiger partial charge in [0.2, 0.25) is 27.7 Å². The maximum atomic E-state index is 15.1. The number of pyridine rings is 1. The van der Waals surface area contributed by atoms with Gasteiger partial charge in [-0.3, -0.25) is 23.9 Å². The second-order valence-electron chi connectivity index (χ2n) is 18.6. The van der Waals surface area contributed by atoms with E-state index in [0.29, 0.717) is 59.9 Å². The van der Waals surface area contributed by atoms with E-state index in [9.17, 15) is 22.8 Å². The van der Waals surface area contributed by atoms with E-state index in [1.165, 1.54) is 16.5 Å². The summed E-state index contributed by atoms with van der Waals surface area (Å²) in [6.45, 7) is 10.8. The molecular formula is C49H57N5O8S. The molecule has 1 aromatic heterocycles. The highest BCUT2D eigenvalue weighted by molar-refractivity contribution is 7.91. The highest BCUT2D eigenvalue weighted by Gasteiger charge is 2.62. The van der Waals surface area contributed by atoms with Crippen molar-refractivity contribution in [2.45, 2.75) is 94.6 Å². The third kappa shape index (κ3) is 9.32. The number of hydrogen-bond acceptors (Lipinski definition) is 9. The highest BCUT2D eigenvalue weighted by Crippen LogP contribution is 2.46. The number of benzene rings is 3. The van der Waals surface area contributed by atoms with Gasteiger partial charge in [0.25, 0.3) is 5.91 Å². The molecule has 2 saturated heterocycles. The van der Waals surface area contributed by atoms with Crippen LogP contribution in [-0.4, -0.2) is 96.5 Å². The fourth-order valence-electron chi connectivity index (χ4n) is 9.19. The number of sulfonamides is 1. The summed E-state index contributed by atoms with van der Waals surface area (Å²) in [7, 11) is -2.33. The molecule has 2 aliphatic carbocycles. The van der Waals surface area contributed by atoms with E-state index in [-0.39, 0.29) is 37.6 Å². The normalized spacial score (nSPS) is 23.1. The number of nitrogens with one attached hydrogen (secondary N) is 2. The summed E-state index contributed by atoms with van der Waals surface area (Å²) >= 11 is 0. The number of hydrogen-bond donors (Lipinski definition) is 2. The fraction of sp³-hybridized carbons (Fsp3) is 0.449. The van der Waals surface area contributed by atoms with Crippen molar-refractivity contribution in [2.75, 3.05) is 26.7 Å². The average molecular weight is 876 g/mol. The molecule has 0 bridgehead atoms. The smallest absolute Gasteiger partial charge is 0.259 e. The van der Waals surface area contributed by atoms with Gasteiger partial charge in [0.1, 0.15) is 29.2 Å². The molecule has 0 spiro atoms. The van der Waals surface area contributed by atoms with Gasteiger partial charge in [-0.25, -0.2) is 13.4 Å². The van der Waals surface area contributed by atoms with E-state index in [4.69, 9.17) is 14.5 Å². The van der Waals surface area contributed by atoms with Crippen molar-refractivity contribution in [3.8, 4) is 22.8 Å². The zero-order chi connectivity index (χ0) is 44.7. The number of carbonyl (C=O) groups excluding carboxylic acids is 4. The van der Waals surface area contributed by atoms with E-state index >= 15 is 4.79 Å². The van der Waals surface area contributed by atoms with E-state index in [1.54, 1.807) is 7.11 Å². The van der Waals surface area contributed by atoms with Crippen LogP contribution in [0.5, 0.6) is 11.5 Å². The Kier molecular flexibility index (Phi) is 12.1. The number of methoxy groups -OCH3 is 1. The fourth-order valence-corrected chi connectivity index (χ4v) is 10.6. The summed E-state index contributed by atoms with van der Waals surface area (Å²) in [5, 5.41) is 2.95. The third-order valence-corrected chi connectivity index (χ3v) is 15.1. The molecule has 2 saturated carbocycles. The molecule has 3 aromatic carbocycles. The minimum Gasteiger partial charge on any atom is -0.497 e. The van der Waals surface area contributed by atoms with Crippen LogP contribution in [-0.2, 0) is 29.2 Å². The van der Waals surface area contributed by atoms with Gasteiger partial charge >= 0.3 is 0 Å². The zero-order valence-corrected chi connectivity index (χ0v) is 37.2. The molecule has 2 N–H and O–H groups in total. The lowest BCUT2D eigenvalue weighted by molar-refractivity contribution is -0.148. The number of carbonyl (C=O) groups is 4. The van der Waals surface area contributed by atoms with Crippen LogP contribution in [0.4, 0.5) is 0 Å². The van der Waals surface area contributed by atoms with Crippen LogP contribution in [0.1, 0.15) is 77.2 Å². The first-order valence-electron chi connectivity index (χ1n) is 21.9. The Bertz CT molecular complexity index is 2500. The predicted molar refractivity (Wildman–Crippen MR) is 240 cm³/mol. The van der Waals surface area contributed by atoms with Crippen molar-refractivity contribution in [1.82, 2.24) is 24.8 Å². The molecule has 63 heavy (non-hydrogen) atoms. The Hall–Kier alpha value is -5.76. The van der Waals surface area contributed by atoms with Gasteiger partial charge in [-0.2, -0.15) is 0 Å². The van der Waals surface area contributed by atoms with Crippen molar-refractivity contribution >= 4 is 44.6 Å². The highest BCUT2D eigenvalue weighted by atomic mass is 32.2. The van der Waals surface area contributed by atoms with Crippen LogP contribution in [0.15, 0.2) is 97.6 Å². The SMILES string of the molecule is C=CC1C[C@]1(NC(=O)[C@@H]1C[C@@H](Oc2cc(-c3ccccc3)nc3cc(OC)ccc23)CN1C(=O)[C@@H](CC(=O)N1CCC(c2ccccc2)CC1)C(C)(C)C)C(=O)NS(=O)(=O)C1CC1. The quantitative estimate of drug-likeness (QED) is 0.137. The molecule has 1 unspecified atom stereocenters. The molecule has 4 aromatic rings. The average Bonchev–Trinajstić information content (AvgIpc) is 4.22. The lowest BCUT2D eigenvalue weighted by Crippen LogP contribution is -2.57. The molecule has 5 atom stereocenters. The number of fused-ring (bicyclic) bond motifs is 1. The van der Waals surface area contributed by atoms with E-state index in [0.717, 1.165) is 18.4 Å². The summed E-state index contributed by atoms with van der Waals surface area (Å²) in [5.74, 6) is -1.78. The Morgan fingerprint density at radius 3 is 2.25 bits per heavy atom. The van der Waals surface area contributed by atoms with E-state index < -0.39 is 62.0 Å². The Morgan fingerprint density at radius 1 is 0.952 bits per heavy atom. The maximum absolute atomic E-state index is 15.1. The van der Waals surface area contributed by atoms with E-state index in [2.05, 4.69) is 28.8 Å². The molecule has 332 valence electrons. The van der Waals surface area contributed by atoms with Crippen LogP contribution < -0.4 is 19.5 Å². The molecule has 3 heterocycles. The van der Waals surface area contributed by atoms with Gasteiger partial charge < -0.3 is 24.6 Å². The van der Waals surface area contributed by atoms with Crippen molar-refractivity contribution < 1.29 is 37.1 Å². The number of amides is 4. The second-order valence-corrected chi connectivity index (χ2v) is 20.6. The molecule has 14 heteroatoms. The maximum Gasteiger partial charge on any atom is 0.259 e. The summed E-state index contributed by atoms with van der Waals surface area (Å²) < 4.78 is 40.3. The van der Waals surface area contributed by atoms with Crippen molar-refractivity contribution in [2.24, 2.45) is 17.3 Å². The van der Waals surface area contributed by atoms with E-state index in [1.807, 2.05) is 98.5 Å². The first-order chi connectivity index (χ1) is 30.1. The minimum atomic E-state index is -3.91. The van der Waals surface area contributed by atoms with Crippen LogP contribution in [0.3, 0.4) is 0 Å². The summed E-state index contributed by atoms with van der Waals surface area (Å²) in [4.78, 5) is 65.9. The van der Waals surface area contributed by atoms with Crippen LogP contribution >= 0.6 is 0 Å². The molecule has 13 nitrogen and oxygen atoms in total. The minimum absolute atomic E-state index is 0.0148. The molecule has 2 aliphatic heterocycles. The van der Waals surface area contributed by atoms with Gasteiger partial charge in [0, 0.05) is 54.9 Å². The van der Waals surface area contributed by atoms with Gasteiger partial charge in [-0.15, -0.1) is 6.58 Å². The van der Waals surface area contributed by atoms with Gasteiger partial charge in [-0.05, 0) is 61.1 Å². The Morgan fingerprint density at radius 2 is 1.63 bits per heavy atom. The van der Waals surface area contributed by atoms with Crippen LogP contribution in [0.2, 0.25) is 0 Å². The number of nitrogens with zero attached hydrogens (tertiary/aromatic N) is 3. The summed E-state index contributed by atoms with van der Waals surface area (Å²) in [6, 6.07) is 26.2. The lowest BCUT2D eigenvalue weighted by atomic mass is 9.77. The molecular weight excluding hydrogens is 819 g/mol. The Balaban J connectivity index is 1.08. The number of likely N-dealkylation sites (tertiary alicyclic amines) is 2. The Labute approximate surface area is 369 Å². The second kappa shape index (κ2) is 17.4. The van der Waals surface area contributed by atoms with Crippen molar-refractivity contribution in [1.29, 1.82) is 0 Å². The molecule has 8 rings (SSSR count). The number of piperidine rings is 1. The first kappa shape index (κ1) is 43.9. The zero-order valence-electron chi connectivity index (χ0n) is 36.4.